The number of carbonyl (C=O) groups excluding carboxylic acids is 1. The van der Waals surface area contributed by atoms with Crippen LogP contribution in [0, 0.1) is 6.92 Å². The molecule has 3 rings (SSSR count). The molecule has 1 amide bonds. The quantitative estimate of drug-likeness (QED) is 0.816. The van der Waals surface area contributed by atoms with E-state index < -0.39 is 0 Å². The van der Waals surface area contributed by atoms with E-state index in [1.807, 2.05) is 42.4 Å². The van der Waals surface area contributed by atoms with E-state index >= 15 is 0 Å². The van der Waals surface area contributed by atoms with Crippen LogP contribution in [0.3, 0.4) is 0 Å². The van der Waals surface area contributed by atoms with Gasteiger partial charge < -0.3 is 4.90 Å². The maximum absolute atomic E-state index is 13.3. The van der Waals surface area contributed by atoms with Gasteiger partial charge in [-0.25, -0.2) is 0 Å². The zero-order valence-electron chi connectivity index (χ0n) is 16.6. The summed E-state index contributed by atoms with van der Waals surface area (Å²) in [7, 11) is 3.97. The van der Waals surface area contributed by atoms with Gasteiger partial charge in [-0.2, -0.15) is 0 Å². The lowest BCUT2D eigenvalue weighted by Crippen LogP contribution is -2.42. The van der Waals surface area contributed by atoms with Crippen molar-refractivity contribution < 1.29 is 4.79 Å². The minimum absolute atomic E-state index is 0.205. The van der Waals surface area contributed by atoms with Crippen molar-refractivity contribution in [1.29, 1.82) is 0 Å². The van der Waals surface area contributed by atoms with Gasteiger partial charge in [-0.15, -0.1) is 0 Å². The summed E-state index contributed by atoms with van der Waals surface area (Å²) in [5.41, 5.74) is 3.53. The number of benzene rings is 1. The highest BCUT2D eigenvalue weighted by molar-refractivity contribution is 5.83. The van der Waals surface area contributed by atoms with Gasteiger partial charge in [0, 0.05) is 45.1 Å². The number of rotatable bonds is 5. The molecule has 0 unspecified atom stereocenters. The van der Waals surface area contributed by atoms with Crippen LogP contribution in [0.2, 0.25) is 0 Å². The van der Waals surface area contributed by atoms with E-state index in [-0.39, 0.29) is 11.9 Å². The Hall–Kier alpha value is -2.24. The van der Waals surface area contributed by atoms with E-state index in [0.717, 1.165) is 44.7 Å². The highest BCUT2D eigenvalue weighted by atomic mass is 16.2. The van der Waals surface area contributed by atoms with E-state index in [1.165, 1.54) is 11.1 Å². The first-order valence-electron chi connectivity index (χ1n) is 9.67. The summed E-state index contributed by atoms with van der Waals surface area (Å²) in [6, 6.07) is 12.2. The van der Waals surface area contributed by atoms with Crippen molar-refractivity contribution >= 4 is 5.91 Å². The van der Waals surface area contributed by atoms with Crippen LogP contribution in [0.15, 0.2) is 48.8 Å². The van der Waals surface area contributed by atoms with Gasteiger partial charge in [-0.05, 0) is 50.7 Å². The Kier molecular flexibility index (Phi) is 6.58. The summed E-state index contributed by atoms with van der Waals surface area (Å²) >= 11 is 0. The normalized spacial score (nSPS) is 17.0. The van der Waals surface area contributed by atoms with Gasteiger partial charge in [0.15, 0.2) is 0 Å². The molecule has 1 saturated heterocycles. The van der Waals surface area contributed by atoms with E-state index in [9.17, 15) is 4.79 Å². The second kappa shape index (κ2) is 9.11. The van der Waals surface area contributed by atoms with Crippen molar-refractivity contribution in [3.8, 4) is 0 Å². The second-order valence-corrected chi connectivity index (χ2v) is 7.59. The summed E-state index contributed by atoms with van der Waals surface area (Å²) < 4.78 is 0. The molecule has 27 heavy (non-hydrogen) atoms. The van der Waals surface area contributed by atoms with Crippen LogP contribution in [0.1, 0.15) is 29.2 Å². The number of aromatic nitrogens is 1. The number of pyridine rings is 1. The predicted molar refractivity (Wildman–Crippen MR) is 108 cm³/mol. The molecule has 1 aliphatic heterocycles. The first-order valence-corrected chi connectivity index (χ1v) is 9.67. The van der Waals surface area contributed by atoms with Crippen molar-refractivity contribution in [3.63, 3.8) is 0 Å². The zero-order chi connectivity index (χ0) is 19.2. The third kappa shape index (κ3) is 5.15. The van der Waals surface area contributed by atoms with E-state index in [2.05, 4.69) is 47.1 Å². The fourth-order valence-electron chi connectivity index (χ4n) is 3.77. The first kappa shape index (κ1) is 19.5. The molecular formula is C22H30N4O. The average molecular weight is 367 g/mol. The summed E-state index contributed by atoms with van der Waals surface area (Å²) in [4.78, 5) is 23.9. The van der Waals surface area contributed by atoms with Gasteiger partial charge in [0.05, 0.1) is 0 Å². The molecule has 0 radical (unpaired) electrons. The fraction of sp³-hybridized carbons (Fsp3) is 0.455. The Balaban J connectivity index is 1.67. The second-order valence-electron chi connectivity index (χ2n) is 7.59. The molecule has 0 spiro atoms. The van der Waals surface area contributed by atoms with E-state index in [4.69, 9.17) is 0 Å². The molecule has 1 fully saturated rings. The minimum Gasteiger partial charge on any atom is -0.340 e. The molecule has 144 valence electrons. The van der Waals surface area contributed by atoms with Gasteiger partial charge in [0.2, 0.25) is 5.91 Å². The van der Waals surface area contributed by atoms with Gasteiger partial charge in [0.25, 0.3) is 0 Å². The van der Waals surface area contributed by atoms with Crippen LogP contribution in [0.25, 0.3) is 0 Å². The molecule has 5 heteroatoms. The smallest absolute Gasteiger partial charge is 0.244 e. The Morgan fingerprint density at radius 3 is 2.59 bits per heavy atom. The van der Waals surface area contributed by atoms with Crippen LogP contribution in [-0.4, -0.2) is 65.9 Å². The van der Waals surface area contributed by atoms with Gasteiger partial charge >= 0.3 is 0 Å². The summed E-state index contributed by atoms with van der Waals surface area (Å²) in [5, 5.41) is 0. The number of nitrogens with zero attached hydrogens (tertiary/aromatic N) is 4. The predicted octanol–water partition coefficient (Wildman–Crippen LogP) is 2.73. The molecule has 0 saturated carbocycles. The van der Waals surface area contributed by atoms with Crippen molar-refractivity contribution in [2.24, 2.45) is 0 Å². The lowest BCUT2D eigenvalue weighted by Gasteiger charge is -2.30. The lowest BCUT2D eigenvalue weighted by atomic mass is 10.0. The van der Waals surface area contributed by atoms with Crippen molar-refractivity contribution in [1.82, 2.24) is 19.7 Å². The molecule has 1 aromatic carbocycles. The Bertz CT molecular complexity index is 747. The highest BCUT2D eigenvalue weighted by Gasteiger charge is 2.29. The molecule has 1 aliphatic rings. The molecule has 0 N–H and O–H groups in total. The number of hydrogen-bond donors (Lipinski definition) is 0. The standard InChI is InChI=1S/C22H30N4O/c1-18-6-4-7-20(16-18)21(24(2)3)22(27)26-13-5-12-25(14-15-26)17-19-8-10-23-11-9-19/h4,6-11,16,21H,5,12-15,17H2,1-3H3/t21-/m1/s1. The fourth-order valence-corrected chi connectivity index (χ4v) is 3.77. The number of amides is 1. The van der Waals surface area contributed by atoms with Crippen molar-refractivity contribution in [2.45, 2.75) is 25.9 Å². The zero-order valence-corrected chi connectivity index (χ0v) is 16.6. The SMILES string of the molecule is Cc1cccc([C@H](C(=O)N2CCCN(Cc3ccncc3)CC2)N(C)C)c1. The molecule has 1 aromatic heterocycles. The van der Waals surface area contributed by atoms with Crippen LogP contribution >= 0.6 is 0 Å². The number of hydrogen-bond acceptors (Lipinski definition) is 4. The molecule has 5 nitrogen and oxygen atoms in total. The third-order valence-electron chi connectivity index (χ3n) is 5.16. The lowest BCUT2D eigenvalue weighted by molar-refractivity contribution is -0.136. The van der Waals surface area contributed by atoms with Gasteiger partial charge in [0.1, 0.15) is 6.04 Å². The Labute approximate surface area is 162 Å². The summed E-state index contributed by atoms with van der Waals surface area (Å²) in [6.45, 7) is 6.51. The number of likely N-dealkylation sites (N-methyl/N-ethyl adjacent to an activating group) is 1. The molecular weight excluding hydrogens is 336 g/mol. The van der Waals surface area contributed by atoms with E-state index in [0.29, 0.717) is 0 Å². The number of carbonyl (C=O) groups is 1. The van der Waals surface area contributed by atoms with Crippen LogP contribution in [0.5, 0.6) is 0 Å². The van der Waals surface area contributed by atoms with Crippen molar-refractivity contribution in [3.05, 3.63) is 65.5 Å². The maximum Gasteiger partial charge on any atom is 0.244 e. The minimum atomic E-state index is -0.225. The van der Waals surface area contributed by atoms with Crippen molar-refractivity contribution in [2.75, 3.05) is 40.3 Å². The van der Waals surface area contributed by atoms with Crippen LogP contribution < -0.4 is 0 Å². The Morgan fingerprint density at radius 1 is 1.11 bits per heavy atom. The molecule has 2 aromatic rings. The third-order valence-corrected chi connectivity index (χ3v) is 5.16. The molecule has 2 heterocycles. The summed E-state index contributed by atoms with van der Waals surface area (Å²) in [5.74, 6) is 0.205. The monoisotopic (exact) mass is 366 g/mol. The van der Waals surface area contributed by atoms with Crippen LogP contribution in [-0.2, 0) is 11.3 Å². The molecule has 0 aliphatic carbocycles. The topological polar surface area (TPSA) is 39.7 Å². The van der Waals surface area contributed by atoms with Crippen LogP contribution in [0.4, 0.5) is 0 Å². The number of aryl methyl sites for hydroxylation is 1. The molecule has 1 atom stereocenters. The Morgan fingerprint density at radius 2 is 1.89 bits per heavy atom. The van der Waals surface area contributed by atoms with Gasteiger partial charge in [-0.1, -0.05) is 29.8 Å². The average Bonchev–Trinajstić information content (AvgIpc) is 2.88. The van der Waals surface area contributed by atoms with E-state index in [1.54, 1.807) is 0 Å². The highest BCUT2D eigenvalue weighted by Crippen LogP contribution is 2.23. The van der Waals surface area contributed by atoms with Gasteiger partial charge in [-0.3, -0.25) is 19.6 Å². The summed E-state index contributed by atoms with van der Waals surface area (Å²) in [6.07, 6.45) is 4.68. The maximum atomic E-state index is 13.3. The largest absolute Gasteiger partial charge is 0.340 e. The first-order chi connectivity index (χ1) is 13.0. The molecule has 0 bridgehead atoms.